The van der Waals surface area contributed by atoms with Crippen LogP contribution in [0.5, 0.6) is 17.2 Å². The highest BCUT2D eigenvalue weighted by Crippen LogP contribution is 2.45. The van der Waals surface area contributed by atoms with Crippen LogP contribution in [0.2, 0.25) is 21.1 Å². The van der Waals surface area contributed by atoms with Crippen molar-refractivity contribution in [2.75, 3.05) is 122 Å². The van der Waals surface area contributed by atoms with Gasteiger partial charge < -0.3 is 72.2 Å². The first-order valence-corrected chi connectivity index (χ1v) is 50.9. The molecule has 0 bridgehead atoms. The summed E-state index contributed by atoms with van der Waals surface area (Å²) in [5, 5.41) is 78.4. The molecule has 16 N–H and O–H groups in total. The predicted molar refractivity (Wildman–Crippen MR) is 520 cm³/mol. The number of phenolic OH excluding ortho intramolecular Hbond substituents is 2. The molecule has 0 atom stereocenters. The van der Waals surface area contributed by atoms with E-state index in [0.717, 1.165) is 38.6 Å². The number of fused-ring (bicyclic) bond motifs is 3. The van der Waals surface area contributed by atoms with Crippen molar-refractivity contribution in [1.29, 1.82) is 0 Å². The largest absolute Gasteiger partial charge is 0.505 e. The molecule has 59 heteroatoms. The van der Waals surface area contributed by atoms with Crippen LogP contribution in [0, 0.1) is 20.8 Å². The van der Waals surface area contributed by atoms with Crippen molar-refractivity contribution in [1.82, 2.24) is 70.4 Å². The molecule has 13 aromatic rings. The number of carbonyl (C=O) groups excluding carboxylic acids is 1. The third kappa shape index (κ3) is 30.0. The zero-order chi connectivity index (χ0) is 103. The number of phenols is 2. The van der Waals surface area contributed by atoms with Gasteiger partial charge in [-0.15, -0.1) is 20.5 Å². The van der Waals surface area contributed by atoms with Crippen molar-refractivity contribution in [3.05, 3.63) is 183 Å². The molecule has 744 valence electrons. The van der Waals surface area contributed by atoms with Crippen LogP contribution in [0.3, 0.4) is 0 Å². The summed E-state index contributed by atoms with van der Waals surface area (Å²) >= 11 is 23.9. The molecule has 0 saturated heterocycles. The van der Waals surface area contributed by atoms with Gasteiger partial charge in [-0.05, 0) is 232 Å². The number of rotatable bonds is 37. The number of aliphatic hydroxyl groups excluding tert-OH is 2. The SMILES string of the molecule is CCCN(CCO)c1nc(Cl)nc(Nc2cccc(C(=O)NC)c2)n1.CCNc1nc(Cl)nc(Nc2ccc3c(O)c(N=Nc4cc(S(=O)(=O)O)c(OC)cc4S(=O)(=O)O)c(C)cc3c2)n1.CNCCCN(CCO)c1nc(Cl)nc(Nc2ccc(S(=O)(=O)CCOS(=O)(=O)O)cc2)n1.Cc1nc(Cl)nc(Nc2ccc3c(O)c(N=Nc4ccc5c(S(=O)(=O)O)cccc5c4S(=O)(=O)O)c(C)cc3c2)n1. The standard InChI is InChI=1S/C25H19ClN6O7S2.C23H22ClN7O8S2.C17H25ClN6O7S2.C16H21ClN6O2/c1-12-10-14-11-15(29-25-28-13(2)27-24(26)30-25)6-7-16(14)22(33)21(12)32-31-19-9-8-17-18(23(19)41(37,38)39)4-3-5-20(17)40(34,35)36;1-4-25-22-27-21(24)28-23(29-22)26-13-5-6-14-12(8-13)7-11(2)19(20(14)32)31-30-15-9-18(41(36,37)38)16(39-3)10-17(15)40(33,34)35;1-19-7-2-8-24(9-10-25)17-22-15(18)21-16(23-17)20-13-3-5-14(6-4-13)32(26,27)12-11-31-33(28,29)30;1-3-7-23(8-9-24)16-21-14(17)20-15(22-16)19-12-6-4-5-11(10-12)13(25)18-2/h3-11,33H,1-2H3,(H,34,35,36)(H,37,38,39)(H,27,28,29,30);5-10,32H,4H2,1-3H3,(H,33,34,35)(H,36,37,38)(H2,25,26,27,28,29);3-6,19,25H,2,7-12H2,1H3,(H,28,29,30)(H,20,21,22,23);4-6,10,24H,3,7-9H2,1-2H3,(H,18,25)(H,19,20,21,22). The Balaban J connectivity index is 0.000000195. The molecular formula is C81H87Cl4N25O24S6. The van der Waals surface area contributed by atoms with E-state index < -0.39 is 104 Å². The minimum atomic E-state index is -4.94. The van der Waals surface area contributed by atoms with Crippen LogP contribution in [0.1, 0.15) is 54.0 Å². The van der Waals surface area contributed by atoms with E-state index in [0.29, 0.717) is 118 Å². The van der Waals surface area contributed by atoms with Crippen molar-refractivity contribution in [3.8, 4) is 17.2 Å². The van der Waals surface area contributed by atoms with Crippen LogP contribution in [-0.2, 0) is 64.9 Å². The molecule has 4 heterocycles. The summed E-state index contributed by atoms with van der Waals surface area (Å²) in [5.41, 5.74) is 2.69. The maximum Gasteiger partial charge on any atom is 0.397 e. The first-order chi connectivity index (χ1) is 66.0. The molecule has 0 radical (unpaired) electrons. The Morgan fingerprint density at radius 3 is 1.43 bits per heavy atom. The van der Waals surface area contributed by atoms with Crippen LogP contribution in [0.15, 0.2) is 184 Å². The summed E-state index contributed by atoms with van der Waals surface area (Å²) < 4.78 is 197. The lowest BCUT2D eigenvalue weighted by molar-refractivity contribution is 0.0962. The van der Waals surface area contributed by atoms with Crippen LogP contribution in [0.4, 0.5) is 87.1 Å². The van der Waals surface area contributed by atoms with Gasteiger partial charge in [-0.1, -0.05) is 31.2 Å². The number of anilines is 11. The predicted octanol–water partition coefficient (Wildman–Crippen LogP) is 12.7. The van der Waals surface area contributed by atoms with E-state index in [-0.39, 0.29) is 120 Å². The lowest BCUT2D eigenvalue weighted by Gasteiger charge is -2.22. The van der Waals surface area contributed by atoms with E-state index in [9.17, 15) is 93.9 Å². The number of aryl methyl sites for hydroxylation is 3. The number of nitrogens with one attached hydrogen (secondary N) is 7. The Hall–Kier alpha value is -13.0. The molecule has 49 nitrogen and oxygen atoms in total. The van der Waals surface area contributed by atoms with E-state index in [2.05, 4.69) is 122 Å². The van der Waals surface area contributed by atoms with E-state index >= 15 is 0 Å². The van der Waals surface area contributed by atoms with Crippen molar-refractivity contribution >= 4 is 232 Å². The molecule has 0 fully saturated rings. The summed E-state index contributed by atoms with van der Waals surface area (Å²) in [7, 11) is -23.6. The van der Waals surface area contributed by atoms with Gasteiger partial charge >= 0.3 is 10.4 Å². The van der Waals surface area contributed by atoms with Crippen LogP contribution >= 0.6 is 46.4 Å². The second-order valence-electron chi connectivity index (χ2n) is 29.0. The summed E-state index contributed by atoms with van der Waals surface area (Å²) in [6.45, 7) is 11.3. The number of aromatic nitrogens is 12. The molecule has 140 heavy (non-hydrogen) atoms. The topological polar surface area (TPSA) is 717 Å². The molecule has 0 saturated carbocycles. The molecule has 0 aliphatic heterocycles. The average Bonchev–Trinajstić information content (AvgIpc) is 0.756. The second-order valence-corrected chi connectivity index (χ2v) is 39.1. The van der Waals surface area contributed by atoms with E-state index in [1.165, 1.54) is 42.5 Å². The fourth-order valence-electron chi connectivity index (χ4n) is 13.0. The monoisotopic (exact) mass is 2130 g/mol. The Bertz CT molecular complexity index is 7580. The number of hydrogen-bond acceptors (Lipinski definition) is 43. The molecular weight excluding hydrogens is 2040 g/mol. The molecule has 0 aliphatic rings. The summed E-state index contributed by atoms with van der Waals surface area (Å²) in [4.78, 5) is 61.7. The quantitative estimate of drug-likeness (QED) is 0.00977. The average molecular weight is 2130 g/mol. The Morgan fingerprint density at radius 1 is 0.457 bits per heavy atom. The van der Waals surface area contributed by atoms with Crippen molar-refractivity contribution in [2.45, 2.75) is 71.9 Å². The smallest absolute Gasteiger partial charge is 0.397 e. The number of methoxy groups -OCH3 is 1. The first kappa shape index (κ1) is 109. The third-order valence-electron chi connectivity index (χ3n) is 19.0. The zero-order valence-corrected chi connectivity index (χ0v) is 82.3. The fourth-order valence-corrected chi connectivity index (χ4v) is 18.0. The lowest BCUT2D eigenvalue weighted by atomic mass is 10.0. The number of sulfone groups is 1. The van der Waals surface area contributed by atoms with E-state index in [1.54, 1.807) is 106 Å². The number of ether oxygens (including phenoxy) is 1. The van der Waals surface area contributed by atoms with Crippen LogP contribution in [0.25, 0.3) is 32.3 Å². The maximum atomic E-state index is 12.3. The molecule has 0 aliphatic carbocycles. The molecule has 4 aromatic heterocycles. The van der Waals surface area contributed by atoms with Gasteiger partial charge in [0.2, 0.25) is 62.8 Å². The highest BCUT2D eigenvalue weighted by atomic mass is 35.5. The van der Waals surface area contributed by atoms with Gasteiger partial charge in [0.25, 0.3) is 46.4 Å². The Kier molecular flexibility index (Phi) is 37.2. The van der Waals surface area contributed by atoms with Gasteiger partial charge in [0.1, 0.15) is 53.9 Å². The number of nitrogens with zero attached hydrogens (tertiary/aromatic N) is 18. The number of aromatic hydroxyl groups is 2. The summed E-state index contributed by atoms with van der Waals surface area (Å²) in [5.74, 6) is 0.273. The lowest BCUT2D eigenvalue weighted by Crippen LogP contribution is -2.31. The number of hydrogen-bond donors (Lipinski definition) is 16. The molecule has 13 rings (SSSR count). The Morgan fingerprint density at radius 2 is 0.936 bits per heavy atom. The van der Waals surface area contributed by atoms with Gasteiger partial charge in [-0.3, -0.25) is 27.6 Å². The molecule has 0 unspecified atom stereocenters. The minimum Gasteiger partial charge on any atom is -0.505 e. The zero-order valence-electron chi connectivity index (χ0n) is 74.4. The third-order valence-corrected chi connectivity index (χ3v) is 25.5. The van der Waals surface area contributed by atoms with Gasteiger partial charge in [0.05, 0.1) is 37.6 Å². The second kappa shape index (κ2) is 47.8. The number of benzene rings is 9. The van der Waals surface area contributed by atoms with Gasteiger partial charge in [-0.25, -0.2) is 17.6 Å². The number of carbonyl (C=O) groups is 1. The van der Waals surface area contributed by atoms with Crippen LogP contribution < -0.4 is 51.8 Å². The maximum absolute atomic E-state index is 12.3. The highest BCUT2D eigenvalue weighted by Gasteiger charge is 2.29. The fraction of sp³-hybridized carbons (Fsp3) is 0.247. The molecule has 1 amide bonds. The molecule has 9 aromatic carbocycles. The number of azo groups is 2. The van der Waals surface area contributed by atoms with Gasteiger partial charge in [-0.2, -0.15) is 96.9 Å². The van der Waals surface area contributed by atoms with Crippen molar-refractivity contribution in [3.63, 3.8) is 0 Å². The summed E-state index contributed by atoms with van der Waals surface area (Å²) in [6.07, 6.45) is 1.66. The van der Waals surface area contributed by atoms with Crippen LogP contribution in [-0.4, -0.2) is 245 Å². The summed E-state index contributed by atoms with van der Waals surface area (Å²) in [6, 6.07) is 33.1. The van der Waals surface area contributed by atoms with E-state index in [4.69, 9.17) is 55.7 Å². The number of amides is 1. The highest BCUT2D eigenvalue weighted by molar-refractivity contribution is 7.91. The van der Waals surface area contributed by atoms with Crippen molar-refractivity contribution in [2.24, 2.45) is 20.5 Å². The normalized spacial score (nSPS) is 11.9. The minimum absolute atomic E-state index is 0.0135. The van der Waals surface area contributed by atoms with Crippen molar-refractivity contribution < 1.29 is 107 Å². The van der Waals surface area contributed by atoms with Gasteiger partial charge in [0.15, 0.2) is 21.3 Å². The molecule has 0 spiro atoms. The van der Waals surface area contributed by atoms with E-state index in [1.807, 2.05) is 25.8 Å². The first-order valence-electron chi connectivity index (χ1n) is 40.7. The van der Waals surface area contributed by atoms with Gasteiger partial charge in [0, 0.05) is 95.7 Å². The Labute approximate surface area is 819 Å². The number of halogens is 4. The number of aliphatic hydroxyl groups is 2.